The molecule has 0 bridgehead atoms. The first-order chi connectivity index (χ1) is 12.2. The number of nitrogens with zero attached hydrogens (tertiary/aromatic N) is 4. The van der Waals surface area contributed by atoms with Crippen molar-refractivity contribution in [2.75, 3.05) is 37.7 Å². The van der Waals surface area contributed by atoms with Gasteiger partial charge in [0.25, 0.3) is 0 Å². The van der Waals surface area contributed by atoms with Crippen molar-refractivity contribution in [1.82, 2.24) is 14.9 Å². The Morgan fingerprint density at radius 3 is 2.92 bits per heavy atom. The number of likely N-dealkylation sites (tertiary alicyclic amines) is 1. The van der Waals surface area contributed by atoms with Crippen LogP contribution in [0.5, 0.6) is 0 Å². The van der Waals surface area contributed by atoms with Gasteiger partial charge in [-0.3, -0.25) is 4.79 Å². The lowest BCUT2D eigenvalue weighted by molar-refractivity contribution is -0.138. The van der Waals surface area contributed by atoms with Crippen LogP contribution in [0.15, 0.2) is 12.4 Å². The van der Waals surface area contributed by atoms with Crippen LogP contribution in [0.3, 0.4) is 0 Å². The molecule has 25 heavy (non-hydrogen) atoms. The molecule has 2 saturated heterocycles. The maximum Gasteiger partial charge on any atom is 0.222 e. The molecule has 6 nitrogen and oxygen atoms in total. The average Bonchev–Trinajstić information content (AvgIpc) is 3.48. The normalized spacial score (nSPS) is 27.2. The largest absolute Gasteiger partial charge is 0.396 e. The summed E-state index contributed by atoms with van der Waals surface area (Å²) in [6.07, 6.45) is 8.81. The number of aliphatic hydroxyl groups excluding tert-OH is 1. The molecule has 1 spiro atoms. The highest BCUT2D eigenvalue weighted by molar-refractivity contribution is 5.77. The van der Waals surface area contributed by atoms with E-state index in [4.69, 9.17) is 5.11 Å². The van der Waals surface area contributed by atoms with Gasteiger partial charge in [0.15, 0.2) is 0 Å². The number of hydrogen-bond donors (Lipinski definition) is 1. The summed E-state index contributed by atoms with van der Waals surface area (Å²) in [7, 11) is 0. The van der Waals surface area contributed by atoms with Crippen LogP contribution in [0.1, 0.15) is 56.6 Å². The molecule has 0 radical (unpaired) electrons. The van der Waals surface area contributed by atoms with Crippen LogP contribution in [0.4, 0.5) is 5.82 Å². The van der Waals surface area contributed by atoms with Crippen molar-refractivity contribution >= 4 is 11.7 Å². The van der Waals surface area contributed by atoms with Gasteiger partial charge in [-0.25, -0.2) is 9.97 Å². The van der Waals surface area contributed by atoms with Crippen LogP contribution >= 0.6 is 0 Å². The second-order valence-electron chi connectivity index (χ2n) is 7.99. The van der Waals surface area contributed by atoms with Gasteiger partial charge in [-0.2, -0.15) is 0 Å². The van der Waals surface area contributed by atoms with Gasteiger partial charge in [0.05, 0.1) is 0 Å². The van der Waals surface area contributed by atoms with Gasteiger partial charge in [-0.15, -0.1) is 0 Å². The molecule has 0 aromatic carbocycles. The van der Waals surface area contributed by atoms with Crippen molar-refractivity contribution in [2.24, 2.45) is 5.41 Å². The number of hydrogen-bond acceptors (Lipinski definition) is 5. The van der Waals surface area contributed by atoms with Gasteiger partial charge in [0.2, 0.25) is 5.91 Å². The van der Waals surface area contributed by atoms with E-state index in [1.54, 1.807) is 6.33 Å². The third kappa shape index (κ3) is 3.64. The van der Waals surface area contributed by atoms with Gasteiger partial charge in [0.1, 0.15) is 12.1 Å². The van der Waals surface area contributed by atoms with E-state index in [-0.39, 0.29) is 17.9 Å². The maximum absolute atomic E-state index is 12.2. The predicted molar refractivity (Wildman–Crippen MR) is 95.4 cm³/mol. The van der Waals surface area contributed by atoms with Crippen LogP contribution < -0.4 is 4.90 Å². The molecular formula is C19H28N4O2. The van der Waals surface area contributed by atoms with Crippen molar-refractivity contribution in [3.05, 3.63) is 18.1 Å². The van der Waals surface area contributed by atoms with Gasteiger partial charge < -0.3 is 14.9 Å². The van der Waals surface area contributed by atoms with Gasteiger partial charge in [-0.1, -0.05) is 0 Å². The molecule has 1 amide bonds. The highest BCUT2D eigenvalue weighted by atomic mass is 16.3. The van der Waals surface area contributed by atoms with Crippen LogP contribution in [-0.2, 0) is 4.79 Å². The van der Waals surface area contributed by atoms with Crippen molar-refractivity contribution in [1.29, 1.82) is 0 Å². The Labute approximate surface area is 149 Å². The molecule has 4 rings (SSSR count). The number of amides is 1. The van der Waals surface area contributed by atoms with E-state index < -0.39 is 0 Å². The molecule has 1 atom stereocenters. The van der Waals surface area contributed by atoms with Crippen molar-refractivity contribution in [3.63, 3.8) is 0 Å². The quantitative estimate of drug-likeness (QED) is 0.884. The van der Waals surface area contributed by atoms with E-state index in [1.165, 1.54) is 25.0 Å². The van der Waals surface area contributed by atoms with E-state index in [0.29, 0.717) is 25.3 Å². The van der Waals surface area contributed by atoms with E-state index in [1.807, 2.05) is 4.90 Å². The highest BCUT2D eigenvalue weighted by Crippen LogP contribution is 2.42. The Kier molecular flexibility index (Phi) is 4.63. The Balaban J connectivity index is 1.48. The second kappa shape index (κ2) is 6.90. The third-order valence-corrected chi connectivity index (χ3v) is 5.99. The molecule has 6 heteroatoms. The lowest BCUT2D eigenvalue weighted by Gasteiger charge is -2.48. The number of piperidine rings is 2. The fraction of sp³-hybridized carbons (Fsp3) is 0.737. The predicted octanol–water partition coefficient (Wildman–Crippen LogP) is 1.95. The molecule has 3 fully saturated rings. The Hall–Kier alpha value is -1.69. The first-order valence-corrected chi connectivity index (χ1v) is 9.65. The number of rotatable bonds is 5. The van der Waals surface area contributed by atoms with E-state index in [0.717, 1.165) is 38.3 Å². The number of carbonyl (C=O) groups excluding carboxylic acids is 1. The molecule has 1 saturated carbocycles. The fourth-order valence-electron chi connectivity index (χ4n) is 4.44. The van der Waals surface area contributed by atoms with Crippen molar-refractivity contribution in [2.45, 2.75) is 50.9 Å². The summed E-state index contributed by atoms with van der Waals surface area (Å²) in [4.78, 5) is 25.6. The number of aliphatic hydroxyl groups is 1. The zero-order valence-electron chi connectivity index (χ0n) is 14.9. The summed E-state index contributed by atoms with van der Waals surface area (Å²) in [6, 6.07) is 2.17. The molecule has 1 aromatic rings. The minimum atomic E-state index is 0.147. The molecule has 136 valence electrons. The molecule has 2 aliphatic heterocycles. The summed E-state index contributed by atoms with van der Waals surface area (Å²) < 4.78 is 0. The Bertz CT molecular complexity index is 634. The number of carbonyl (C=O) groups is 1. The summed E-state index contributed by atoms with van der Waals surface area (Å²) in [5.41, 5.74) is 1.36. The minimum Gasteiger partial charge on any atom is -0.396 e. The molecule has 3 aliphatic rings. The van der Waals surface area contributed by atoms with Gasteiger partial charge in [-0.05, 0) is 38.5 Å². The van der Waals surface area contributed by atoms with Crippen LogP contribution in [0.2, 0.25) is 0 Å². The smallest absolute Gasteiger partial charge is 0.222 e. The van der Waals surface area contributed by atoms with Gasteiger partial charge in [0, 0.05) is 62.3 Å². The first-order valence-electron chi connectivity index (χ1n) is 9.65. The van der Waals surface area contributed by atoms with Crippen LogP contribution in [0.25, 0.3) is 0 Å². The zero-order chi connectivity index (χ0) is 17.3. The molecule has 3 heterocycles. The Morgan fingerprint density at radius 2 is 2.12 bits per heavy atom. The monoisotopic (exact) mass is 344 g/mol. The lowest BCUT2D eigenvalue weighted by atomic mass is 9.73. The van der Waals surface area contributed by atoms with E-state index >= 15 is 0 Å². The standard InChI is InChI=1S/C19H28N4O2/c24-10-2-9-23-13-19(7-5-18(23)25)6-1-8-22(12-19)17-11-16(15-3-4-15)20-14-21-17/h11,14-15,24H,1-10,12-13H2/t19-/m0/s1. The van der Waals surface area contributed by atoms with Crippen LogP contribution in [0, 0.1) is 5.41 Å². The van der Waals surface area contributed by atoms with Gasteiger partial charge >= 0.3 is 0 Å². The first kappa shape index (κ1) is 16.8. The topological polar surface area (TPSA) is 69.6 Å². The summed E-state index contributed by atoms with van der Waals surface area (Å²) in [5, 5.41) is 9.09. The molecular weight excluding hydrogens is 316 g/mol. The Morgan fingerprint density at radius 1 is 1.24 bits per heavy atom. The van der Waals surface area contributed by atoms with Crippen molar-refractivity contribution in [3.8, 4) is 0 Å². The summed E-state index contributed by atoms with van der Waals surface area (Å²) in [5.74, 6) is 1.94. The third-order valence-electron chi connectivity index (χ3n) is 5.99. The zero-order valence-corrected chi connectivity index (χ0v) is 14.9. The number of aromatic nitrogens is 2. The molecule has 1 aliphatic carbocycles. The van der Waals surface area contributed by atoms with Crippen LogP contribution in [-0.4, -0.2) is 58.7 Å². The summed E-state index contributed by atoms with van der Waals surface area (Å²) >= 11 is 0. The SMILES string of the molecule is O=C1CC[C@]2(CCCN(c3cc(C4CC4)ncn3)C2)CN1CCCO. The van der Waals surface area contributed by atoms with Crippen molar-refractivity contribution < 1.29 is 9.90 Å². The molecule has 0 unspecified atom stereocenters. The fourth-order valence-corrected chi connectivity index (χ4v) is 4.44. The molecule has 1 aromatic heterocycles. The second-order valence-corrected chi connectivity index (χ2v) is 7.99. The number of anilines is 1. The van der Waals surface area contributed by atoms with E-state index in [9.17, 15) is 4.79 Å². The summed E-state index contributed by atoms with van der Waals surface area (Å²) in [6.45, 7) is 3.65. The van der Waals surface area contributed by atoms with E-state index in [2.05, 4.69) is 20.9 Å². The lowest BCUT2D eigenvalue weighted by Crippen LogP contribution is -2.54. The average molecular weight is 344 g/mol. The minimum absolute atomic E-state index is 0.147. The maximum atomic E-state index is 12.2. The highest BCUT2D eigenvalue weighted by Gasteiger charge is 2.42. The molecule has 1 N–H and O–H groups in total.